The van der Waals surface area contributed by atoms with Crippen LogP contribution in [0.1, 0.15) is 21.7 Å². The van der Waals surface area contributed by atoms with Crippen LogP contribution in [0.25, 0.3) is 11.0 Å². The predicted molar refractivity (Wildman–Crippen MR) is 88.0 cm³/mol. The van der Waals surface area contributed by atoms with Gasteiger partial charge >= 0.3 is 0 Å². The zero-order valence-corrected chi connectivity index (χ0v) is 13.1. The quantitative estimate of drug-likeness (QED) is 0.802. The molecule has 6 heteroatoms. The second-order valence-corrected chi connectivity index (χ2v) is 5.50. The van der Waals surface area contributed by atoms with Crippen LogP contribution in [0, 0.1) is 6.92 Å². The maximum atomic E-state index is 12.3. The first-order valence-corrected chi connectivity index (χ1v) is 7.61. The van der Waals surface area contributed by atoms with Gasteiger partial charge in [-0.2, -0.15) is 0 Å². The Hall–Kier alpha value is -3.15. The highest BCUT2D eigenvalue weighted by Crippen LogP contribution is 2.32. The van der Waals surface area contributed by atoms with Crippen molar-refractivity contribution in [3.05, 3.63) is 59.4 Å². The summed E-state index contributed by atoms with van der Waals surface area (Å²) in [5, 5.41) is 2.87. The lowest BCUT2D eigenvalue weighted by Gasteiger charge is -2.09. The van der Waals surface area contributed by atoms with Crippen LogP contribution in [0.5, 0.6) is 11.5 Å². The normalized spacial score (nSPS) is 12.4. The van der Waals surface area contributed by atoms with Crippen LogP contribution in [0.4, 0.5) is 0 Å². The van der Waals surface area contributed by atoms with Gasteiger partial charge in [-0.25, -0.2) is 9.97 Å². The first-order chi connectivity index (χ1) is 11.7. The zero-order valence-electron chi connectivity index (χ0n) is 13.1. The highest BCUT2D eigenvalue weighted by molar-refractivity contribution is 5.94. The third-order valence-electron chi connectivity index (χ3n) is 3.89. The third-order valence-corrected chi connectivity index (χ3v) is 3.89. The SMILES string of the molecule is Cc1nc2ccccc2nc1CNC(=O)c1ccc2c(c1)OCO2. The molecular weight excluding hydrogens is 306 g/mol. The molecule has 0 unspecified atom stereocenters. The van der Waals surface area contributed by atoms with Gasteiger partial charge < -0.3 is 14.8 Å². The van der Waals surface area contributed by atoms with E-state index >= 15 is 0 Å². The monoisotopic (exact) mass is 321 g/mol. The minimum atomic E-state index is -0.192. The summed E-state index contributed by atoms with van der Waals surface area (Å²) in [6.45, 7) is 2.39. The van der Waals surface area contributed by atoms with Crippen molar-refractivity contribution in [3.8, 4) is 11.5 Å². The number of amides is 1. The van der Waals surface area contributed by atoms with Gasteiger partial charge in [0.15, 0.2) is 11.5 Å². The van der Waals surface area contributed by atoms with Gasteiger partial charge in [0.1, 0.15) is 0 Å². The van der Waals surface area contributed by atoms with Gasteiger partial charge in [0, 0.05) is 5.56 Å². The minimum absolute atomic E-state index is 0.187. The van der Waals surface area contributed by atoms with Crippen LogP contribution in [-0.4, -0.2) is 22.7 Å². The predicted octanol–water partition coefficient (Wildman–Crippen LogP) is 2.60. The Morgan fingerprint density at radius 2 is 1.83 bits per heavy atom. The van der Waals surface area contributed by atoms with E-state index in [-0.39, 0.29) is 12.7 Å². The zero-order chi connectivity index (χ0) is 16.5. The Bertz CT molecular complexity index is 940. The number of fused-ring (bicyclic) bond motifs is 2. The lowest BCUT2D eigenvalue weighted by molar-refractivity contribution is 0.0950. The van der Waals surface area contributed by atoms with Crippen molar-refractivity contribution in [2.75, 3.05) is 6.79 Å². The lowest BCUT2D eigenvalue weighted by atomic mass is 10.2. The molecule has 0 spiro atoms. The molecule has 6 nitrogen and oxygen atoms in total. The summed E-state index contributed by atoms with van der Waals surface area (Å²) in [6.07, 6.45) is 0. The van der Waals surface area contributed by atoms with Crippen molar-refractivity contribution >= 4 is 16.9 Å². The summed E-state index contributed by atoms with van der Waals surface area (Å²) >= 11 is 0. The molecule has 1 amide bonds. The molecule has 2 aromatic carbocycles. The first-order valence-electron chi connectivity index (χ1n) is 7.61. The number of hydrogen-bond donors (Lipinski definition) is 1. The minimum Gasteiger partial charge on any atom is -0.454 e. The van der Waals surface area contributed by atoms with E-state index in [2.05, 4.69) is 15.3 Å². The maximum absolute atomic E-state index is 12.3. The molecule has 1 N–H and O–H groups in total. The van der Waals surface area contributed by atoms with Crippen molar-refractivity contribution < 1.29 is 14.3 Å². The van der Waals surface area contributed by atoms with E-state index in [0.717, 1.165) is 22.4 Å². The fraction of sp³-hybridized carbons (Fsp3) is 0.167. The van der Waals surface area contributed by atoms with Gasteiger partial charge in [0.2, 0.25) is 6.79 Å². The summed E-state index contributed by atoms with van der Waals surface area (Å²) < 4.78 is 10.5. The molecule has 24 heavy (non-hydrogen) atoms. The Labute approximate surface area is 138 Å². The molecule has 0 saturated carbocycles. The number of carbonyl (C=O) groups is 1. The average Bonchev–Trinajstić information content (AvgIpc) is 3.07. The smallest absolute Gasteiger partial charge is 0.251 e. The number of aryl methyl sites for hydroxylation is 1. The highest BCUT2D eigenvalue weighted by Gasteiger charge is 2.16. The van der Waals surface area contributed by atoms with Gasteiger partial charge in [-0.15, -0.1) is 0 Å². The van der Waals surface area contributed by atoms with Crippen LogP contribution in [0.2, 0.25) is 0 Å². The van der Waals surface area contributed by atoms with Crippen LogP contribution in [-0.2, 0) is 6.54 Å². The van der Waals surface area contributed by atoms with Crippen molar-refractivity contribution in [1.82, 2.24) is 15.3 Å². The number of benzene rings is 2. The molecule has 0 bridgehead atoms. The number of rotatable bonds is 3. The number of para-hydroxylation sites is 2. The Balaban J connectivity index is 1.52. The van der Waals surface area contributed by atoms with Crippen LogP contribution in [0.3, 0.4) is 0 Å². The fourth-order valence-corrected chi connectivity index (χ4v) is 2.60. The van der Waals surface area contributed by atoms with E-state index in [1.807, 2.05) is 31.2 Å². The van der Waals surface area contributed by atoms with Crippen LogP contribution >= 0.6 is 0 Å². The molecule has 1 aliphatic heterocycles. The van der Waals surface area contributed by atoms with Gasteiger partial charge in [0.05, 0.1) is 29.0 Å². The second kappa shape index (κ2) is 5.81. The molecule has 0 fully saturated rings. The standard InChI is InChI=1S/C18H15N3O3/c1-11-15(21-14-5-3-2-4-13(14)20-11)9-19-18(22)12-6-7-16-17(8-12)24-10-23-16/h2-8H,9-10H2,1H3,(H,19,22). The van der Waals surface area contributed by atoms with Crippen molar-refractivity contribution in [1.29, 1.82) is 0 Å². The number of nitrogens with one attached hydrogen (secondary N) is 1. The fourth-order valence-electron chi connectivity index (χ4n) is 2.60. The highest BCUT2D eigenvalue weighted by atomic mass is 16.7. The number of carbonyl (C=O) groups excluding carboxylic acids is 1. The average molecular weight is 321 g/mol. The summed E-state index contributed by atoms with van der Waals surface area (Å²) in [5.41, 5.74) is 3.74. The first kappa shape index (κ1) is 14.4. The molecular formula is C18H15N3O3. The summed E-state index contributed by atoms with van der Waals surface area (Å²) in [6, 6.07) is 12.8. The second-order valence-electron chi connectivity index (χ2n) is 5.50. The topological polar surface area (TPSA) is 73.3 Å². The molecule has 120 valence electrons. The molecule has 2 heterocycles. The number of nitrogens with zero attached hydrogens (tertiary/aromatic N) is 2. The number of hydrogen-bond acceptors (Lipinski definition) is 5. The number of aromatic nitrogens is 2. The third kappa shape index (κ3) is 2.62. The van der Waals surface area contributed by atoms with Gasteiger partial charge in [-0.3, -0.25) is 4.79 Å². The van der Waals surface area contributed by atoms with E-state index in [4.69, 9.17) is 9.47 Å². The van der Waals surface area contributed by atoms with E-state index < -0.39 is 0 Å². The maximum Gasteiger partial charge on any atom is 0.251 e. The van der Waals surface area contributed by atoms with E-state index in [1.54, 1.807) is 18.2 Å². The van der Waals surface area contributed by atoms with Gasteiger partial charge in [-0.1, -0.05) is 12.1 Å². The summed E-state index contributed by atoms with van der Waals surface area (Å²) in [7, 11) is 0. The van der Waals surface area contributed by atoms with Gasteiger partial charge in [-0.05, 0) is 37.3 Å². The largest absolute Gasteiger partial charge is 0.454 e. The summed E-state index contributed by atoms with van der Waals surface area (Å²) in [4.78, 5) is 21.4. The van der Waals surface area contributed by atoms with Gasteiger partial charge in [0.25, 0.3) is 5.91 Å². The lowest BCUT2D eigenvalue weighted by Crippen LogP contribution is -2.24. The molecule has 0 saturated heterocycles. The Morgan fingerprint density at radius 1 is 1.08 bits per heavy atom. The van der Waals surface area contributed by atoms with E-state index in [9.17, 15) is 4.79 Å². The molecule has 4 rings (SSSR count). The molecule has 0 radical (unpaired) electrons. The van der Waals surface area contributed by atoms with E-state index in [0.29, 0.717) is 23.6 Å². The van der Waals surface area contributed by atoms with E-state index in [1.165, 1.54) is 0 Å². The number of ether oxygens (including phenoxy) is 2. The molecule has 1 aromatic heterocycles. The van der Waals surface area contributed by atoms with Crippen molar-refractivity contribution in [3.63, 3.8) is 0 Å². The molecule has 3 aromatic rings. The van der Waals surface area contributed by atoms with Crippen molar-refractivity contribution in [2.45, 2.75) is 13.5 Å². The van der Waals surface area contributed by atoms with Crippen LogP contribution in [0.15, 0.2) is 42.5 Å². The molecule has 0 atom stereocenters. The molecule has 1 aliphatic rings. The Kier molecular flexibility index (Phi) is 3.49. The van der Waals surface area contributed by atoms with Crippen molar-refractivity contribution in [2.24, 2.45) is 0 Å². The van der Waals surface area contributed by atoms with Crippen LogP contribution < -0.4 is 14.8 Å². The summed E-state index contributed by atoms with van der Waals surface area (Å²) in [5.74, 6) is 1.05. The Morgan fingerprint density at radius 3 is 2.67 bits per heavy atom. The molecule has 0 aliphatic carbocycles.